The second kappa shape index (κ2) is 9.36. The Morgan fingerprint density at radius 2 is 1.61 bits per heavy atom. The molecule has 0 saturated carbocycles. The fraction of sp³-hybridized carbons (Fsp3) is 0.259. The van der Waals surface area contributed by atoms with Gasteiger partial charge in [-0.05, 0) is 35.7 Å². The minimum Gasteiger partial charge on any atom is -0.493 e. The number of hydrogen-bond donors (Lipinski definition) is 0. The lowest BCUT2D eigenvalue weighted by Crippen LogP contribution is -2.23. The summed E-state index contributed by atoms with van der Waals surface area (Å²) in [4.78, 5) is 26.5. The van der Waals surface area contributed by atoms with E-state index in [9.17, 15) is 9.59 Å². The van der Waals surface area contributed by atoms with Crippen LogP contribution in [0, 0.1) is 0 Å². The molecule has 0 saturated heterocycles. The van der Waals surface area contributed by atoms with Crippen LogP contribution >= 0.6 is 0 Å². The van der Waals surface area contributed by atoms with Gasteiger partial charge in [0.25, 0.3) is 5.91 Å². The van der Waals surface area contributed by atoms with Crippen LogP contribution in [0.2, 0.25) is 0 Å². The van der Waals surface area contributed by atoms with Crippen molar-refractivity contribution in [3.05, 3.63) is 76.9 Å². The molecule has 0 unspecified atom stereocenters. The van der Waals surface area contributed by atoms with Crippen molar-refractivity contribution >= 4 is 11.7 Å². The predicted octanol–water partition coefficient (Wildman–Crippen LogP) is 4.78. The van der Waals surface area contributed by atoms with Gasteiger partial charge in [-0.15, -0.1) is 0 Å². The molecule has 4 rings (SSSR count). The van der Waals surface area contributed by atoms with Crippen LogP contribution in [-0.2, 0) is 13.0 Å². The largest absolute Gasteiger partial charge is 0.493 e. The van der Waals surface area contributed by atoms with Crippen LogP contribution in [0.3, 0.4) is 0 Å². The number of carbonyl (C=O) groups excluding carboxylic acids is 2. The van der Waals surface area contributed by atoms with Crippen molar-refractivity contribution in [2.75, 3.05) is 28.3 Å². The van der Waals surface area contributed by atoms with Crippen LogP contribution < -0.4 is 14.2 Å². The number of fused-ring (bicyclic) bond motifs is 1. The maximum atomic E-state index is 12.6. The zero-order valence-electron chi connectivity index (χ0n) is 19.3. The van der Waals surface area contributed by atoms with E-state index in [1.807, 2.05) is 48.5 Å². The Morgan fingerprint density at radius 1 is 0.848 bits per heavy atom. The van der Waals surface area contributed by atoms with Gasteiger partial charge in [0.2, 0.25) is 5.75 Å². The molecule has 0 fully saturated rings. The minimum absolute atomic E-state index is 0.0913. The van der Waals surface area contributed by atoms with Crippen LogP contribution in [0.5, 0.6) is 17.2 Å². The van der Waals surface area contributed by atoms with E-state index in [2.05, 4.69) is 0 Å². The van der Waals surface area contributed by atoms with Gasteiger partial charge in [-0.2, -0.15) is 0 Å². The summed E-state index contributed by atoms with van der Waals surface area (Å²) in [6.07, 6.45) is 1.20. The third-order valence-electron chi connectivity index (χ3n) is 5.89. The molecule has 33 heavy (non-hydrogen) atoms. The second-order valence-electron chi connectivity index (χ2n) is 8.08. The molecule has 3 aromatic carbocycles. The van der Waals surface area contributed by atoms with Crippen molar-refractivity contribution in [3.63, 3.8) is 0 Å². The van der Waals surface area contributed by atoms with Gasteiger partial charge in [0.15, 0.2) is 17.3 Å². The normalized spacial score (nSPS) is 12.3. The quantitative estimate of drug-likeness (QED) is 0.524. The van der Waals surface area contributed by atoms with Crippen molar-refractivity contribution in [1.82, 2.24) is 4.90 Å². The molecule has 6 heteroatoms. The fourth-order valence-electron chi connectivity index (χ4n) is 4.24. The lowest BCUT2D eigenvalue weighted by Gasteiger charge is -2.20. The first-order chi connectivity index (χ1) is 16.0. The SMILES string of the molecule is COc1ccc(-c2cccc3c2CCC3=O)c(OCc2ccccc2C(=O)N(C)C)c1OC. The molecule has 0 spiro atoms. The molecule has 0 radical (unpaired) electrons. The molecule has 0 bridgehead atoms. The lowest BCUT2D eigenvalue weighted by atomic mass is 9.95. The number of ketones is 1. The maximum Gasteiger partial charge on any atom is 0.253 e. The van der Waals surface area contributed by atoms with Crippen molar-refractivity contribution in [3.8, 4) is 28.4 Å². The number of carbonyl (C=O) groups is 2. The van der Waals surface area contributed by atoms with Gasteiger partial charge in [-0.1, -0.05) is 36.4 Å². The Labute approximate surface area is 193 Å². The van der Waals surface area contributed by atoms with Crippen molar-refractivity contribution < 1.29 is 23.8 Å². The van der Waals surface area contributed by atoms with Crippen LogP contribution in [0.15, 0.2) is 54.6 Å². The molecule has 0 heterocycles. The van der Waals surface area contributed by atoms with Gasteiger partial charge in [-0.3, -0.25) is 9.59 Å². The van der Waals surface area contributed by atoms with Crippen molar-refractivity contribution in [2.24, 2.45) is 0 Å². The average molecular weight is 446 g/mol. The number of Topliss-reactive ketones (excluding diaryl/α,β-unsaturated/α-hetero) is 1. The summed E-state index contributed by atoms with van der Waals surface area (Å²) in [6.45, 7) is 0.167. The standard InChI is InChI=1S/C27H27NO5/c1-28(2)27(30)18-9-6-5-8-17(18)16-33-25-22(13-15-24(31-3)26(25)32-4)19-10-7-11-21-20(19)12-14-23(21)29/h5-11,13,15H,12,14,16H2,1-4H3. The van der Waals surface area contributed by atoms with E-state index in [0.717, 1.165) is 27.8 Å². The monoisotopic (exact) mass is 445 g/mol. The number of amides is 1. The Balaban J connectivity index is 1.80. The summed E-state index contributed by atoms with van der Waals surface area (Å²) in [5, 5.41) is 0. The van der Waals surface area contributed by atoms with Crippen molar-refractivity contribution in [2.45, 2.75) is 19.4 Å². The zero-order chi connectivity index (χ0) is 23.5. The van der Waals surface area contributed by atoms with Crippen LogP contribution in [-0.4, -0.2) is 44.9 Å². The molecule has 1 aliphatic carbocycles. The molecule has 0 aliphatic heterocycles. The molecular weight excluding hydrogens is 418 g/mol. The van der Waals surface area contributed by atoms with Crippen LogP contribution in [0.1, 0.15) is 38.3 Å². The van der Waals surface area contributed by atoms with Crippen molar-refractivity contribution in [1.29, 1.82) is 0 Å². The first-order valence-electron chi connectivity index (χ1n) is 10.8. The highest BCUT2D eigenvalue weighted by Crippen LogP contribution is 2.46. The minimum atomic E-state index is -0.0913. The average Bonchev–Trinajstić information content (AvgIpc) is 3.22. The predicted molar refractivity (Wildman–Crippen MR) is 126 cm³/mol. The number of hydrogen-bond acceptors (Lipinski definition) is 5. The van der Waals surface area contributed by atoms with E-state index in [1.165, 1.54) is 0 Å². The van der Waals surface area contributed by atoms with Gasteiger partial charge < -0.3 is 19.1 Å². The van der Waals surface area contributed by atoms with Gasteiger partial charge in [-0.25, -0.2) is 0 Å². The van der Waals surface area contributed by atoms with Gasteiger partial charge >= 0.3 is 0 Å². The molecule has 3 aromatic rings. The molecule has 170 valence electrons. The van der Waals surface area contributed by atoms with E-state index in [-0.39, 0.29) is 18.3 Å². The van der Waals surface area contributed by atoms with Gasteiger partial charge in [0.1, 0.15) is 6.61 Å². The summed E-state index contributed by atoms with van der Waals surface area (Å²) >= 11 is 0. The van der Waals surface area contributed by atoms with Crippen LogP contribution in [0.4, 0.5) is 0 Å². The van der Waals surface area contributed by atoms with Gasteiger partial charge in [0.05, 0.1) is 14.2 Å². The first kappa shape index (κ1) is 22.4. The maximum absolute atomic E-state index is 12.6. The highest BCUT2D eigenvalue weighted by atomic mass is 16.5. The lowest BCUT2D eigenvalue weighted by molar-refractivity contribution is 0.0824. The van der Waals surface area contributed by atoms with Gasteiger partial charge in [0, 0.05) is 42.8 Å². The third-order valence-corrected chi connectivity index (χ3v) is 5.89. The number of ether oxygens (including phenoxy) is 3. The Hall–Kier alpha value is -3.80. The first-order valence-corrected chi connectivity index (χ1v) is 10.8. The summed E-state index contributed by atoms with van der Waals surface area (Å²) in [7, 11) is 6.59. The van der Waals surface area contributed by atoms with E-state index < -0.39 is 0 Å². The topological polar surface area (TPSA) is 65.1 Å². The molecule has 0 atom stereocenters. The fourth-order valence-corrected chi connectivity index (χ4v) is 4.24. The highest BCUT2D eigenvalue weighted by Gasteiger charge is 2.26. The number of nitrogens with zero attached hydrogens (tertiary/aromatic N) is 1. The molecular formula is C27H27NO5. The molecule has 1 aliphatic rings. The van der Waals surface area contributed by atoms with E-state index in [0.29, 0.717) is 35.7 Å². The highest BCUT2D eigenvalue weighted by molar-refractivity contribution is 6.02. The number of rotatable bonds is 7. The molecule has 1 amide bonds. The third kappa shape index (κ3) is 4.16. The summed E-state index contributed by atoms with van der Waals surface area (Å²) in [5.41, 5.74) is 4.87. The summed E-state index contributed by atoms with van der Waals surface area (Å²) < 4.78 is 17.5. The molecule has 6 nitrogen and oxygen atoms in total. The smallest absolute Gasteiger partial charge is 0.253 e. The Morgan fingerprint density at radius 3 is 2.33 bits per heavy atom. The van der Waals surface area contributed by atoms with E-state index in [4.69, 9.17) is 14.2 Å². The Kier molecular flexibility index (Phi) is 6.36. The number of methoxy groups -OCH3 is 2. The second-order valence-corrected chi connectivity index (χ2v) is 8.08. The molecule has 0 N–H and O–H groups in total. The number of benzene rings is 3. The summed E-state index contributed by atoms with van der Waals surface area (Å²) in [6, 6.07) is 16.9. The Bertz CT molecular complexity index is 1220. The molecule has 0 aromatic heterocycles. The zero-order valence-corrected chi connectivity index (χ0v) is 19.3. The van der Waals surface area contributed by atoms with E-state index in [1.54, 1.807) is 39.3 Å². The van der Waals surface area contributed by atoms with Crippen LogP contribution in [0.25, 0.3) is 11.1 Å². The van der Waals surface area contributed by atoms with E-state index >= 15 is 0 Å². The summed E-state index contributed by atoms with van der Waals surface area (Å²) in [5.74, 6) is 1.58.